The summed E-state index contributed by atoms with van der Waals surface area (Å²) < 4.78 is 31.4. The normalized spacial score (nSPS) is 11.3. The molecule has 0 aromatic heterocycles. The number of carbonyl (C=O) groups is 2. The minimum Gasteiger partial charge on any atom is -0.484 e. The summed E-state index contributed by atoms with van der Waals surface area (Å²) in [6.07, 6.45) is 2.64. The van der Waals surface area contributed by atoms with Gasteiger partial charge in [-0.15, -0.1) is 0 Å². The lowest BCUT2D eigenvalue weighted by Gasteiger charge is -2.23. The summed E-state index contributed by atoms with van der Waals surface area (Å²) in [5.74, 6) is -0.485. The third kappa shape index (κ3) is 7.41. The Morgan fingerprint density at radius 3 is 2.25 bits per heavy atom. The van der Waals surface area contributed by atoms with Gasteiger partial charge in [-0.3, -0.25) is 13.9 Å². The van der Waals surface area contributed by atoms with Crippen LogP contribution in [-0.4, -0.2) is 39.3 Å². The van der Waals surface area contributed by atoms with Crippen molar-refractivity contribution in [2.24, 2.45) is 10.8 Å². The molecule has 0 spiro atoms. The van der Waals surface area contributed by atoms with E-state index in [9.17, 15) is 18.0 Å². The smallest absolute Gasteiger partial charge is 0.271 e. The van der Waals surface area contributed by atoms with Gasteiger partial charge in [0, 0.05) is 5.56 Å². The van der Waals surface area contributed by atoms with Gasteiger partial charge in [0.25, 0.3) is 11.8 Å². The van der Waals surface area contributed by atoms with Gasteiger partial charge in [-0.2, -0.15) is 5.10 Å². The molecular weight excluding hydrogens is 480 g/mol. The third-order valence-electron chi connectivity index (χ3n) is 5.36. The zero-order chi connectivity index (χ0) is 26.3. The molecule has 10 heteroatoms. The van der Waals surface area contributed by atoms with Gasteiger partial charge in [-0.05, 0) is 84.6 Å². The van der Waals surface area contributed by atoms with E-state index >= 15 is 0 Å². The zero-order valence-electron chi connectivity index (χ0n) is 20.3. The number of hydrogen-bond donors (Lipinski definition) is 2. The van der Waals surface area contributed by atoms with Crippen molar-refractivity contribution >= 4 is 33.7 Å². The molecule has 0 radical (unpaired) electrons. The summed E-state index contributed by atoms with van der Waals surface area (Å²) in [4.78, 5) is 23.2. The van der Waals surface area contributed by atoms with E-state index in [-0.39, 0.29) is 13.2 Å². The highest BCUT2D eigenvalue weighted by Gasteiger charge is 2.18. The fourth-order valence-corrected chi connectivity index (χ4v) is 4.12. The summed E-state index contributed by atoms with van der Waals surface area (Å²) in [6.45, 7) is 3.84. The number of anilines is 1. The second-order valence-corrected chi connectivity index (χ2v) is 10.2. The Morgan fingerprint density at radius 1 is 1.00 bits per heavy atom. The molecule has 3 N–H and O–H groups in total. The number of carbonyl (C=O) groups excluding carboxylic acids is 2. The standard InChI is InChI=1S/C26H28N4O5S/c1-18-4-11-23(14-19(18)2)30(36(3,33)34)16-21-5-9-22(10-6-21)26(32)29-28-15-20-7-12-24(13-8-20)35-17-25(27)31/h4-15H,16-17H2,1-3H3,(H2,27,31)(H,29,32)/b28-15-. The fourth-order valence-electron chi connectivity index (χ4n) is 3.24. The van der Waals surface area contributed by atoms with Gasteiger partial charge in [0.05, 0.1) is 24.7 Å². The summed E-state index contributed by atoms with van der Waals surface area (Å²) >= 11 is 0. The molecule has 0 heterocycles. The van der Waals surface area contributed by atoms with Crippen molar-refractivity contribution in [2.45, 2.75) is 20.4 Å². The Kier molecular flexibility index (Phi) is 8.44. The van der Waals surface area contributed by atoms with Gasteiger partial charge in [0.2, 0.25) is 10.0 Å². The Balaban J connectivity index is 1.62. The summed E-state index contributed by atoms with van der Waals surface area (Å²) in [7, 11) is -3.51. The van der Waals surface area contributed by atoms with Crippen LogP contribution in [0.25, 0.3) is 0 Å². The SMILES string of the molecule is Cc1ccc(N(Cc2ccc(C(=O)N/N=C\c3ccc(OCC(N)=O)cc3)cc2)S(C)(=O)=O)cc1C. The molecule has 0 unspecified atom stereocenters. The zero-order valence-corrected chi connectivity index (χ0v) is 21.1. The molecule has 3 aromatic rings. The average Bonchev–Trinajstić information content (AvgIpc) is 2.83. The minimum absolute atomic E-state index is 0.139. The van der Waals surface area contributed by atoms with Crippen molar-refractivity contribution in [1.82, 2.24) is 5.43 Å². The first-order valence-corrected chi connectivity index (χ1v) is 12.9. The maximum absolute atomic E-state index is 12.4. The number of benzene rings is 3. The van der Waals surface area contributed by atoms with Crippen LogP contribution >= 0.6 is 0 Å². The molecule has 36 heavy (non-hydrogen) atoms. The lowest BCUT2D eigenvalue weighted by atomic mass is 10.1. The molecule has 3 rings (SSSR count). The summed E-state index contributed by atoms with van der Waals surface area (Å²) in [6, 6.07) is 18.9. The molecule has 3 aromatic carbocycles. The van der Waals surface area contributed by atoms with Crippen molar-refractivity contribution in [3.05, 3.63) is 94.5 Å². The molecule has 0 fully saturated rings. The van der Waals surface area contributed by atoms with Crippen molar-refractivity contribution in [3.8, 4) is 5.75 Å². The first kappa shape index (κ1) is 26.4. The maximum Gasteiger partial charge on any atom is 0.271 e. The highest BCUT2D eigenvalue weighted by atomic mass is 32.2. The highest BCUT2D eigenvalue weighted by molar-refractivity contribution is 7.92. The van der Waals surface area contributed by atoms with E-state index in [1.807, 2.05) is 26.0 Å². The van der Waals surface area contributed by atoms with Crippen molar-refractivity contribution < 1.29 is 22.7 Å². The molecule has 0 saturated carbocycles. The van der Waals surface area contributed by atoms with Crippen LogP contribution in [0.1, 0.15) is 32.6 Å². The van der Waals surface area contributed by atoms with Gasteiger partial charge in [-0.1, -0.05) is 18.2 Å². The Morgan fingerprint density at radius 2 is 1.67 bits per heavy atom. The third-order valence-corrected chi connectivity index (χ3v) is 6.50. The number of primary amides is 1. The first-order chi connectivity index (χ1) is 17.0. The molecule has 0 bridgehead atoms. The monoisotopic (exact) mass is 508 g/mol. The predicted molar refractivity (Wildman–Crippen MR) is 140 cm³/mol. The fraction of sp³-hybridized carbons (Fsp3) is 0.192. The van der Waals surface area contributed by atoms with Crippen molar-refractivity contribution in [2.75, 3.05) is 17.2 Å². The number of nitrogens with two attached hydrogens (primary N) is 1. The molecule has 2 amide bonds. The Bertz CT molecular complexity index is 1370. The molecule has 0 aliphatic heterocycles. The molecule has 0 aliphatic carbocycles. The average molecular weight is 509 g/mol. The van der Waals surface area contributed by atoms with Crippen LogP contribution in [-0.2, 0) is 21.4 Å². The van der Waals surface area contributed by atoms with E-state index < -0.39 is 21.8 Å². The maximum atomic E-state index is 12.4. The van der Waals surface area contributed by atoms with Gasteiger partial charge >= 0.3 is 0 Å². The van der Waals surface area contributed by atoms with Gasteiger partial charge in [-0.25, -0.2) is 13.8 Å². The quantitative estimate of drug-likeness (QED) is 0.321. The number of aryl methyl sites for hydroxylation is 2. The van der Waals surface area contributed by atoms with E-state index in [1.54, 1.807) is 54.6 Å². The molecule has 188 valence electrons. The second-order valence-electron chi connectivity index (χ2n) is 8.26. The predicted octanol–water partition coefficient (Wildman–Crippen LogP) is 2.90. The molecular formula is C26H28N4O5S. The van der Waals surface area contributed by atoms with Gasteiger partial charge < -0.3 is 10.5 Å². The lowest BCUT2D eigenvalue weighted by molar-refractivity contribution is -0.119. The van der Waals surface area contributed by atoms with E-state index in [1.165, 1.54) is 16.8 Å². The van der Waals surface area contributed by atoms with Crippen LogP contribution < -0.4 is 20.2 Å². The van der Waals surface area contributed by atoms with Crippen LogP contribution in [0, 0.1) is 13.8 Å². The van der Waals surface area contributed by atoms with E-state index in [0.29, 0.717) is 22.6 Å². The van der Waals surface area contributed by atoms with Crippen molar-refractivity contribution in [1.29, 1.82) is 0 Å². The number of ether oxygens (including phenoxy) is 1. The van der Waals surface area contributed by atoms with Crippen LogP contribution in [0.3, 0.4) is 0 Å². The van der Waals surface area contributed by atoms with E-state index in [0.717, 1.165) is 16.7 Å². The largest absolute Gasteiger partial charge is 0.484 e. The minimum atomic E-state index is -3.51. The number of hydrazone groups is 1. The molecule has 0 aliphatic rings. The molecule has 9 nitrogen and oxygen atoms in total. The Labute approximate surface area is 210 Å². The van der Waals surface area contributed by atoms with Crippen LogP contribution in [0.5, 0.6) is 5.75 Å². The van der Waals surface area contributed by atoms with Gasteiger partial charge in [0.15, 0.2) is 6.61 Å². The Hall–Kier alpha value is -4.18. The summed E-state index contributed by atoms with van der Waals surface area (Å²) in [5.41, 5.74) is 12.0. The van der Waals surface area contributed by atoms with E-state index in [2.05, 4.69) is 10.5 Å². The lowest BCUT2D eigenvalue weighted by Crippen LogP contribution is -2.29. The number of rotatable bonds is 10. The second kappa shape index (κ2) is 11.5. The number of nitrogens with zero attached hydrogens (tertiary/aromatic N) is 2. The van der Waals surface area contributed by atoms with Gasteiger partial charge in [0.1, 0.15) is 5.75 Å². The number of nitrogens with one attached hydrogen (secondary N) is 1. The van der Waals surface area contributed by atoms with Crippen LogP contribution in [0.15, 0.2) is 71.8 Å². The number of hydrogen-bond acceptors (Lipinski definition) is 6. The summed E-state index contributed by atoms with van der Waals surface area (Å²) in [5, 5.41) is 3.95. The molecule has 0 saturated heterocycles. The highest BCUT2D eigenvalue weighted by Crippen LogP contribution is 2.23. The number of sulfonamides is 1. The topological polar surface area (TPSA) is 131 Å². The number of amides is 2. The van der Waals surface area contributed by atoms with E-state index in [4.69, 9.17) is 10.5 Å². The van der Waals surface area contributed by atoms with Crippen LogP contribution in [0.2, 0.25) is 0 Å². The van der Waals surface area contributed by atoms with Crippen molar-refractivity contribution in [3.63, 3.8) is 0 Å². The van der Waals surface area contributed by atoms with Crippen LogP contribution in [0.4, 0.5) is 5.69 Å². The molecule has 0 atom stereocenters. The first-order valence-electron chi connectivity index (χ1n) is 11.0.